The second kappa shape index (κ2) is 6.41. The highest BCUT2D eigenvalue weighted by Crippen LogP contribution is 2.28. The third-order valence-electron chi connectivity index (χ3n) is 3.97. The molecule has 130 valence electrons. The molecule has 25 heavy (non-hydrogen) atoms. The van der Waals surface area contributed by atoms with E-state index in [1.807, 2.05) is 19.1 Å². The number of nitrogens with one attached hydrogen (secondary N) is 1. The number of hydrogen-bond acceptors (Lipinski definition) is 5. The fourth-order valence-electron chi connectivity index (χ4n) is 2.86. The van der Waals surface area contributed by atoms with E-state index in [-0.39, 0.29) is 11.7 Å². The summed E-state index contributed by atoms with van der Waals surface area (Å²) in [5.41, 5.74) is 1.58. The highest BCUT2D eigenvalue weighted by atomic mass is 35.5. The number of nitro groups is 1. The third kappa shape index (κ3) is 2.96. The maximum Gasteiger partial charge on any atom is 0.312 e. The van der Waals surface area contributed by atoms with Crippen molar-refractivity contribution in [1.82, 2.24) is 24.5 Å². The van der Waals surface area contributed by atoms with Gasteiger partial charge in [-0.25, -0.2) is 0 Å². The third-order valence-corrected chi connectivity index (χ3v) is 4.48. The topological polar surface area (TPSA) is 94.6 Å². The summed E-state index contributed by atoms with van der Waals surface area (Å²) in [5, 5.41) is 23.2. The van der Waals surface area contributed by atoms with Gasteiger partial charge in [0.25, 0.3) is 0 Å². The summed E-state index contributed by atoms with van der Waals surface area (Å²) in [7, 11) is 0. The van der Waals surface area contributed by atoms with Crippen LogP contribution >= 0.6 is 23.8 Å². The van der Waals surface area contributed by atoms with Crippen molar-refractivity contribution >= 4 is 29.5 Å². The van der Waals surface area contributed by atoms with E-state index >= 15 is 0 Å². The molecule has 1 atom stereocenters. The van der Waals surface area contributed by atoms with Gasteiger partial charge in [-0.3, -0.25) is 24.5 Å². The molecule has 0 aliphatic carbocycles. The van der Waals surface area contributed by atoms with E-state index in [4.69, 9.17) is 23.8 Å². The van der Waals surface area contributed by atoms with Crippen molar-refractivity contribution in [2.24, 2.45) is 0 Å². The molecule has 0 bridgehead atoms. The Balaban J connectivity index is 2.14. The van der Waals surface area contributed by atoms with Gasteiger partial charge in [-0.1, -0.05) is 17.7 Å². The molecule has 0 saturated heterocycles. The summed E-state index contributed by atoms with van der Waals surface area (Å²) >= 11 is 11.4. The van der Waals surface area contributed by atoms with Crippen LogP contribution < -0.4 is 0 Å². The number of benzene rings is 1. The number of halogens is 1. The summed E-state index contributed by atoms with van der Waals surface area (Å²) in [4.78, 5) is 10.8. The van der Waals surface area contributed by atoms with Gasteiger partial charge in [-0.15, -0.1) is 0 Å². The zero-order chi connectivity index (χ0) is 18.3. The number of rotatable bonds is 4. The largest absolute Gasteiger partial charge is 0.312 e. The summed E-state index contributed by atoms with van der Waals surface area (Å²) in [6.07, 6.45) is 0. The van der Waals surface area contributed by atoms with E-state index < -0.39 is 4.92 Å². The van der Waals surface area contributed by atoms with Crippen LogP contribution in [0.15, 0.2) is 24.3 Å². The monoisotopic (exact) mass is 378 g/mol. The lowest BCUT2D eigenvalue weighted by Crippen LogP contribution is -2.15. The van der Waals surface area contributed by atoms with Crippen LogP contribution in [-0.2, 0) is 0 Å². The Bertz CT molecular complexity index is 1020. The molecule has 0 saturated carbocycles. The molecule has 1 aromatic carbocycles. The lowest BCUT2D eigenvalue weighted by molar-refractivity contribution is -0.386. The van der Waals surface area contributed by atoms with E-state index in [0.29, 0.717) is 27.0 Å². The normalized spacial score (nSPS) is 12.3. The first-order valence-corrected chi connectivity index (χ1v) is 8.23. The van der Waals surface area contributed by atoms with E-state index in [1.165, 1.54) is 0 Å². The molecule has 0 unspecified atom stereocenters. The zero-order valence-corrected chi connectivity index (χ0v) is 15.3. The Morgan fingerprint density at radius 1 is 1.40 bits per heavy atom. The molecule has 3 rings (SSSR count). The fraction of sp³-hybridized carbons (Fsp3) is 0.267. The minimum atomic E-state index is -0.422. The molecule has 1 N–H and O–H groups in total. The number of nitrogens with zero attached hydrogens (tertiary/aromatic N) is 5. The smallest absolute Gasteiger partial charge is 0.270 e. The van der Waals surface area contributed by atoms with Gasteiger partial charge in [0.2, 0.25) is 0 Å². The zero-order valence-electron chi connectivity index (χ0n) is 13.7. The molecule has 0 aliphatic rings. The molecule has 0 aliphatic heterocycles. The van der Waals surface area contributed by atoms with Crippen LogP contribution in [0.25, 0.3) is 5.69 Å². The predicted octanol–water partition coefficient (Wildman–Crippen LogP) is 3.91. The molecule has 2 heterocycles. The van der Waals surface area contributed by atoms with Gasteiger partial charge < -0.3 is 0 Å². The maximum atomic E-state index is 11.2. The molecule has 2 aromatic heterocycles. The SMILES string of the molecule is Cc1nn([C@@H](C)c2n[nH]c(=S)n2-c2cccc(Cl)c2)c(C)c1[N+](=O)[O-]. The van der Waals surface area contributed by atoms with Gasteiger partial charge in [0, 0.05) is 5.02 Å². The van der Waals surface area contributed by atoms with Crippen molar-refractivity contribution in [3.05, 3.63) is 61.4 Å². The Morgan fingerprint density at radius 2 is 2.12 bits per heavy atom. The Morgan fingerprint density at radius 3 is 2.72 bits per heavy atom. The lowest BCUT2D eigenvalue weighted by Gasteiger charge is -2.15. The molecule has 0 radical (unpaired) electrons. The van der Waals surface area contributed by atoms with Gasteiger partial charge in [-0.05, 0) is 51.2 Å². The quantitative estimate of drug-likeness (QED) is 0.422. The number of aryl methyl sites for hydroxylation is 1. The van der Waals surface area contributed by atoms with Crippen molar-refractivity contribution in [2.45, 2.75) is 26.8 Å². The van der Waals surface area contributed by atoms with Gasteiger partial charge >= 0.3 is 5.69 Å². The van der Waals surface area contributed by atoms with E-state index in [9.17, 15) is 10.1 Å². The first-order chi connectivity index (χ1) is 11.8. The fourth-order valence-corrected chi connectivity index (χ4v) is 3.29. The minimum Gasteiger partial charge on any atom is -0.270 e. The highest BCUT2D eigenvalue weighted by molar-refractivity contribution is 7.71. The standard InChI is InChI=1S/C15H15ClN6O2S/c1-8-13(22(23)24)9(2)21(19-8)10(3)14-17-18-15(25)20(14)12-6-4-5-11(16)7-12/h4-7,10H,1-3H3,(H,18,25)/t10-/m0/s1. The summed E-state index contributed by atoms with van der Waals surface area (Å²) in [6, 6.07) is 6.83. The number of H-pyrrole nitrogens is 1. The Labute approximate surface area is 153 Å². The van der Waals surface area contributed by atoms with Gasteiger partial charge in [0.1, 0.15) is 17.4 Å². The molecule has 0 fully saturated rings. The predicted molar refractivity (Wildman–Crippen MR) is 95.9 cm³/mol. The van der Waals surface area contributed by atoms with Crippen LogP contribution in [0, 0.1) is 28.7 Å². The maximum absolute atomic E-state index is 11.2. The number of hydrogen-bond donors (Lipinski definition) is 1. The molecule has 3 aromatic rings. The summed E-state index contributed by atoms with van der Waals surface area (Å²) in [5.74, 6) is 0.577. The van der Waals surface area contributed by atoms with E-state index in [0.717, 1.165) is 5.69 Å². The summed E-state index contributed by atoms with van der Waals surface area (Å²) < 4.78 is 3.73. The molecule has 10 heteroatoms. The lowest BCUT2D eigenvalue weighted by atomic mass is 10.2. The van der Waals surface area contributed by atoms with Crippen molar-refractivity contribution in [3.63, 3.8) is 0 Å². The van der Waals surface area contributed by atoms with Crippen LogP contribution in [0.1, 0.15) is 30.2 Å². The van der Waals surface area contributed by atoms with Crippen LogP contribution in [0.2, 0.25) is 5.02 Å². The van der Waals surface area contributed by atoms with Crippen LogP contribution in [-0.4, -0.2) is 29.5 Å². The highest BCUT2D eigenvalue weighted by Gasteiger charge is 2.27. The van der Waals surface area contributed by atoms with Crippen LogP contribution in [0.5, 0.6) is 0 Å². The van der Waals surface area contributed by atoms with E-state index in [2.05, 4.69) is 15.3 Å². The second-order valence-corrected chi connectivity index (χ2v) is 6.42. The van der Waals surface area contributed by atoms with Crippen molar-refractivity contribution < 1.29 is 4.92 Å². The van der Waals surface area contributed by atoms with Crippen molar-refractivity contribution in [2.75, 3.05) is 0 Å². The number of aromatic nitrogens is 5. The molecule has 0 amide bonds. The Hall–Kier alpha value is -2.52. The van der Waals surface area contributed by atoms with Crippen LogP contribution in [0.3, 0.4) is 0 Å². The Kier molecular flexibility index (Phi) is 4.44. The minimum absolute atomic E-state index is 0.00953. The van der Waals surface area contributed by atoms with Gasteiger partial charge in [-0.2, -0.15) is 10.2 Å². The second-order valence-electron chi connectivity index (χ2n) is 5.60. The molecular weight excluding hydrogens is 364 g/mol. The van der Waals surface area contributed by atoms with Crippen LogP contribution in [0.4, 0.5) is 5.69 Å². The van der Waals surface area contributed by atoms with Crippen molar-refractivity contribution in [1.29, 1.82) is 0 Å². The van der Waals surface area contributed by atoms with Gasteiger partial charge in [0.15, 0.2) is 10.6 Å². The van der Waals surface area contributed by atoms with E-state index in [1.54, 1.807) is 35.2 Å². The first kappa shape index (κ1) is 17.3. The van der Waals surface area contributed by atoms with Crippen molar-refractivity contribution in [3.8, 4) is 5.69 Å². The average Bonchev–Trinajstić information content (AvgIpc) is 3.06. The molecule has 0 spiro atoms. The average molecular weight is 379 g/mol. The number of aromatic amines is 1. The van der Waals surface area contributed by atoms with Gasteiger partial charge in [0.05, 0.1) is 10.6 Å². The first-order valence-electron chi connectivity index (χ1n) is 7.44. The summed E-state index contributed by atoms with van der Waals surface area (Å²) in [6.45, 7) is 5.14. The molecular formula is C15H15ClN6O2S. The molecule has 8 nitrogen and oxygen atoms in total.